The Morgan fingerprint density at radius 3 is 2.90 bits per heavy atom. The Bertz CT molecular complexity index is 284. The molecule has 0 aliphatic heterocycles. The van der Waals surface area contributed by atoms with Crippen LogP contribution in [0.25, 0.3) is 0 Å². The first-order valence-electron chi connectivity index (χ1n) is 2.57. The summed E-state index contributed by atoms with van der Waals surface area (Å²) in [7, 11) is 0. The number of H-pyrrole nitrogens is 1. The van der Waals surface area contributed by atoms with Crippen LogP contribution < -0.4 is 5.76 Å². The molecule has 1 heterocycles. The number of carboxylic acids is 1. The van der Waals surface area contributed by atoms with Crippen LogP contribution in [-0.2, 0) is 11.2 Å². The molecule has 0 aliphatic rings. The maximum absolute atomic E-state index is 10.3. The van der Waals surface area contributed by atoms with Crippen molar-refractivity contribution in [3.05, 3.63) is 22.5 Å². The lowest BCUT2D eigenvalue weighted by Gasteiger charge is -1.83. The van der Waals surface area contributed by atoms with Crippen LogP contribution in [0, 0.1) is 0 Å². The molecule has 0 atom stereocenters. The minimum Gasteiger partial charge on any atom is -0.481 e. The van der Waals surface area contributed by atoms with Gasteiger partial charge in [0.1, 0.15) is 12.2 Å². The van der Waals surface area contributed by atoms with Crippen LogP contribution in [0.2, 0.25) is 0 Å². The summed E-state index contributed by atoms with van der Waals surface area (Å²) >= 11 is 0. The summed E-state index contributed by atoms with van der Waals surface area (Å²) in [6.07, 6.45) is 0.967. The number of aromatic nitrogens is 1. The molecule has 0 aliphatic carbocycles. The molecular formula is C5H5NO4. The molecular weight excluding hydrogens is 138 g/mol. The van der Waals surface area contributed by atoms with E-state index in [9.17, 15) is 9.59 Å². The zero-order valence-electron chi connectivity index (χ0n) is 4.96. The number of hydrogen-bond donors (Lipinski definition) is 2. The van der Waals surface area contributed by atoms with Gasteiger partial charge in [0, 0.05) is 6.20 Å². The molecule has 54 valence electrons. The number of aliphatic carboxylic acids is 1. The fourth-order valence-electron chi connectivity index (χ4n) is 0.554. The average Bonchev–Trinajstić information content (AvgIpc) is 2.13. The molecule has 1 aromatic heterocycles. The molecule has 0 spiro atoms. The molecule has 0 saturated heterocycles. The van der Waals surface area contributed by atoms with Crippen molar-refractivity contribution in [2.75, 3.05) is 0 Å². The SMILES string of the molecule is O=C(O)Cc1c[nH]c(=O)o1. The highest BCUT2D eigenvalue weighted by atomic mass is 16.4. The first-order valence-corrected chi connectivity index (χ1v) is 2.57. The monoisotopic (exact) mass is 143 g/mol. The summed E-state index contributed by atoms with van der Waals surface area (Å²) in [6.45, 7) is 0. The van der Waals surface area contributed by atoms with Gasteiger partial charge in [0.2, 0.25) is 0 Å². The van der Waals surface area contributed by atoms with Gasteiger partial charge in [-0.1, -0.05) is 0 Å². The lowest BCUT2D eigenvalue weighted by atomic mass is 10.4. The van der Waals surface area contributed by atoms with Gasteiger partial charge in [0.25, 0.3) is 0 Å². The molecule has 0 bridgehead atoms. The molecule has 0 radical (unpaired) electrons. The van der Waals surface area contributed by atoms with Crippen LogP contribution in [0.3, 0.4) is 0 Å². The Balaban J connectivity index is 2.76. The zero-order chi connectivity index (χ0) is 7.56. The third-order valence-corrected chi connectivity index (χ3v) is 0.900. The van der Waals surface area contributed by atoms with Gasteiger partial charge in [0.15, 0.2) is 0 Å². The van der Waals surface area contributed by atoms with Crippen molar-refractivity contribution in [1.82, 2.24) is 4.98 Å². The molecule has 0 unspecified atom stereocenters. The standard InChI is InChI=1S/C5H5NO4/c7-4(8)1-3-2-6-5(9)10-3/h2H,1H2,(H,6,9)(H,7,8). The molecule has 0 aromatic carbocycles. The van der Waals surface area contributed by atoms with Gasteiger partial charge >= 0.3 is 11.7 Å². The Hall–Kier alpha value is -1.52. The van der Waals surface area contributed by atoms with E-state index in [1.165, 1.54) is 6.20 Å². The summed E-state index contributed by atoms with van der Waals surface area (Å²) < 4.78 is 4.40. The topological polar surface area (TPSA) is 83.3 Å². The van der Waals surface area contributed by atoms with Crippen molar-refractivity contribution in [3.8, 4) is 0 Å². The summed E-state index contributed by atoms with van der Waals surface area (Å²) in [4.78, 5) is 22.4. The second kappa shape index (κ2) is 2.38. The summed E-state index contributed by atoms with van der Waals surface area (Å²) in [5, 5.41) is 8.20. The minimum atomic E-state index is -1.03. The van der Waals surface area contributed by atoms with Crippen LogP contribution in [0.1, 0.15) is 5.76 Å². The Kier molecular flexibility index (Phi) is 1.57. The number of nitrogens with one attached hydrogen (secondary N) is 1. The third kappa shape index (κ3) is 1.48. The van der Waals surface area contributed by atoms with Crippen LogP contribution in [0.5, 0.6) is 0 Å². The van der Waals surface area contributed by atoms with Crippen molar-refractivity contribution >= 4 is 5.97 Å². The maximum Gasteiger partial charge on any atom is 0.416 e. The van der Waals surface area contributed by atoms with Gasteiger partial charge in [-0.05, 0) is 0 Å². The quantitative estimate of drug-likeness (QED) is 0.589. The van der Waals surface area contributed by atoms with E-state index in [0.29, 0.717) is 0 Å². The highest BCUT2D eigenvalue weighted by molar-refractivity contribution is 5.69. The van der Waals surface area contributed by atoms with Crippen LogP contribution >= 0.6 is 0 Å². The first-order chi connectivity index (χ1) is 4.68. The van der Waals surface area contributed by atoms with E-state index in [1.54, 1.807) is 0 Å². The minimum absolute atomic E-state index is 0.137. The van der Waals surface area contributed by atoms with E-state index >= 15 is 0 Å². The van der Waals surface area contributed by atoms with E-state index in [0.717, 1.165) is 0 Å². The summed E-state index contributed by atoms with van der Waals surface area (Å²) in [6, 6.07) is 0. The fourth-order valence-corrected chi connectivity index (χ4v) is 0.554. The van der Waals surface area contributed by atoms with Crippen molar-refractivity contribution in [3.63, 3.8) is 0 Å². The maximum atomic E-state index is 10.3. The highest BCUT2D eigenvalue weighted by Gasteiger charge is 2.03. The van der Waals surface area contributed by atoms with Crippen LogP contribution in [0.15, 0.2) is 15.4 Å². The molecule has 10 heavy (non-hydrogen) atoms. The lowest BCUT2D eigenvalue weighted by molar-refractivity contribution is -0.136. The van der Waals surface area contributed by atoms with Gasteiger partial charge < -0.3 is 9.52 Å². The third-order valence-electron chi connectivity index (χ3n) is 0.900. The fraction of sp³-hybridized carbons (Fsp3) is 0.200. The molecule has 0 fully saturated rings. The summed E-state index contributed by atoms with van der Waals surface area (Å²) in [5.41, 5.74) is 0. The van der Waals surface area contributed by atoms with Crippen molar-refractivity contribution < 1.29 is 14.3 Å². The Morgan fingerprint density at radius 1 is 1.80 bits per heavy atom. The number of carboxylic acid groups (broad SMARTS) is 1. The van der Waals surface area contributed by atoms with Crippen LogP contribution in [-0.4, -0.2) is 16.1 Å². The zero-order valence-corrected chi connectivity index (χ0v) is 4.96. The van der Waals surface area contributed by atoms with Crippen molar-refractivity contribution in [2.45, 2.75) is 6.42 Å². The summed E-state index contributed by atoms with van der Waals surface area (Å²) in [5.74, 6) is -1.52. The second-order valence-electron chi connectivity index (χ2n) is 1.72. The van der Waals surface area contributed by atoms with E-state index in [1.807, 2.05) is 0 Å². The molecule has 1 aromatic rings. The molecule has 1 rings (SSSR count). The lowest BCUT2D eigenvalue weighted by Crippen LogP contribution is -1.99. The van der Waals surface area contributed by atoms with Gasteiger partial charge in [0.05, 0.1) is 0 Å². The second-order valence-corrected chi connectivity index (χ2v) is 1.72. The normalized spacial score (nSPS) is 9.60. The van der Waals surface area contributed by atoms with Crippen LogP contribution in [0.4, 0.5) is 0 Å². The number of carbonyl (C=O) groups is 1. The Morgan fingerprint density at radius 2 is 2.50 bits per heavy atom. The molecule has 2 N–H and O–H groups in total. The smallest absolute Gasteiger partial charge is 0.416 e. The molecule has 0 amide bonds. The van der Waals surface area contributed by atoms with Gasteiger partial charge in [-0.3, -0.25) is 9.78 Å². The molecule has 0 saturated carbocycles. The number of hydrogen-bond acceptors (Lipinski definition) is 3. The molecule has 5 nitrogen and oxygen atoms in total. The number of oxazole rings is 1. The first kappa shape index (κ1) is 6.60. The van der Waals surface area contributed by atoms with E-state index < -0.39 is 11.7 Å². The van der Waals surface area contributed by atoms with Gasteiger partial charge in [-0.2, -0.15) is 0 Å². The number of rotatable bonds is 2. The van der Waals surface area contributed by atoms with E-state index in [2.05, 4.69) is 9.40 Å². The predicted octanol–water partition coefficient (Wildman–Crippen LogP) is -0.405. The molecule has 5 heteroatoms. The Labute approximate surface area is 55.3 Å². The predicted molar refractivity (Wildman–Crippen MR) is 30.7 cm³/mol. The number of aromatic amines is 1. The van der Waals surface area contributed by atoms with Gasteiger partial charge in [-0.15, -0.1) is 0 Å². The van der Waals surface area contributed by atoms with Crippen molar-refractivity contribution in [1.29, 1.82) is 0 Å². The van der Waals surface area contributed by atoms with Crippen molar-refractivity contribution in [2.24, 2.45) is 0 Å². The highest BCUT2D eigenvalue weighted by Crippen LogP contribution is 1.92. The van der Waals surface area contributed by atoms with E-state index in [4.69, 9.17) is 5.11 Å². The largest absolute Gasteiger partial charge is 0.481 e. The van der Waals surface area contributed by atoms with E-state index in [-0.39, 0.29) is 12.2 Å². The average molecular weight is 143 g/mol. The van der Waals surface area contributed by atoms with Gasteiger partial charge in [-0.25, -0.2) is 4.79 Å².